The van der Waals surface area contributed by atoms with Crippen LogP contribution in [0.4, 0.5) is 0 Å². The third kappa shape index (κ3) is 2.88. The normalized spacial score (nSPS) is 22.8. The summed E-state index contributed by atoms with van der Waals surface area (Å²) in [5, 5.41) is 3.87. The van der Waals surface area contributed by atoms with E-state index in [1.807, 2.05) is 0 Å². The molecule has 1 unspecified atom stereocenters. The lowest BCUT2D eigenvalue weighted by molar-refractivity contribution is -0.142. The van der Waals surface area contributed by atoms with Crippen LogP contribution >= 0.6 is 23.2 Å². The fraction of sp³-hybridized carbons (Fsp3) is 0.417. The Morgan fingerprint density at radius 3 is 2.94 bits per heavy atom. The van der Waals surface area contributed by atoms with Gasteiger partial charge in [-0.05, 0) is 12.1 Å². The molecule has 1 saturated heterocycles. The fourth-order valence-electron chi connectivity index (χ4n) is 1.87. The van der Waals surface area contributed by atoms with Crippen molar-refractivity contribution in [3.05, 3.63) is 28.2 Å². The van der Waals surface area contributed by atoms with Gasteiger partial charge in [0.05, 0.1) is 12.1 Å². The topological polar surface area (TPSA) is 47.6 Å². The molecule has 0 spiro atoms. The van der Waals surface area contributed by atoms with Gasteiger partial charge < -0.3 is 14.8 Å². The van der Waals surface area contributed by atoms with Crippen LogP contribution < -0.4 is 10.1 Å². The molecular weight excluding hydrogens is 277 g/mol. The zero-order valence-corrected chi connectivity index (χ0v) is 11.3. The highest BCUT2D eigenvalue weighted by atomic mass is 35.5. The van der Waals surface area contributed by atoms with Crippen molar-refractivity contribution in [2.75, 3.05) is 13.7 Å². The summed E-state index contributed by atoms with van der Waals surface area (Å²) in [7, 11) is 1.37. The number of rotatable bonds is 3. The molecular formula is C12H13Cl2NO3. The first-order chi connectivity index (χ1) is 8.61. The molecule has 4 nitrogen and oxygen atoms in total. The van der Waals surface area contributed by atoms with Crippen molar-refractivity contribution < 1.29 is 14.3 Å². The molecule has 1 N–H and O–H groups in total. The summed E-state index contributed by atoms with van der Waals surface area (Å²) in [6.07, 6.45) is 0.431. The van der Waals surface area contributed by atoms with E-state index in [4.69, 9.17) is 27.9 Å². The Balaban J connectivity index is 1.99. The number of hydrogen-bond donors (Lipinski definition) is 1. The summed E-state index contributed by atoms with van der Waals surface area (Å²) in [5.74, 6) is 0.250. The van der Waals surface area contributed by atoms with Crippen LogP contribution in [0.2, 0.25) is 10.0 Å². The molecule has 2 atom stereocenters. The Morgan fingerprint density at radius 2 is 2.22 bits per heavy atom. The van der Waals surface area contributed by atoms with Gasteiger partial charge in [0, 0.05) is 13.0 Å². The standard InChI is InChI=1S/C12H13Cl2NO3/c1-17-12(16)9-5-7(6-15-9)18-10-4-2-3-8(13)11(10)14/h2-4,7,9,15H,5-6H2,1H3/t7?,9-/m0/s1. The molecule has 1 aliphatic heterocycles. The van der Waals surface area contributed by atoms with Crippen molar-refractivity contribution in [2.24, 2.45) is 0 Å². The van der Waals surface area contributed by atoms with Gasteiger partial charge in [0.2, 0.25) is 0 Å². The van der Waals surface area contributed by atoms with Gasteiger partial charge >= 0.3 is 5.97 Å². The van der Waals surface area contributed by atoms with Crippen molar-refractivity contribution in [3.63, 3.8) is 0 Å². The number of carbonyl (C=O) groups is 1. The van der Waals surface area contributed by atoms with E-state index in [-0.39, 0.29) is 18.1 Å². The third-order valence-corrected chi connectivity index (χ3v) is 3.59. The van der Waals surface area contributed by atoms with Gasteiger partial charge in [-0.25, -0.2) is 0 Å². The number of ether oxygens (including phenoxy) is 2. The molecule has 1 aromatic carbocycles. The molecule has 18 heavy (non-hydrogen) atoms. The summed E-state index contributed by atoms with van der Waals surface area (Å²) >= 11 is 11.9. The first-order valence-corrected chi connectivity index (χ1v) is 6.29. The van der Waals surface area contributed by atoms with Crippen molar-refractivity contribution in [1.29, 1.82) is 0 Å². The van der Waals surface area contributed by atoms with Crippen LogP contribution in [0.1, 0.15) is 6.42 Å². The van der Waals surface area contributed by atoms with Crippen LogP contribution in [-0.2, 0) is 9.53 Å². The first kappa shape index (κ1) is 13.5. The molecule has 1 aromatic rings. The number of nitrogens with one attached hydrogen (secondary N) is 1. The number of hydrogen-bond acceptors (Lipinski definition) is 4. The average molecular weight is 290 g/mol. The second kappa shape index (κ2) is 5.78. The summed E-state index contributed by atoms with van der Waals surface area (Å²) in [5.41, 5.74) is 0. The Bertz CT molecular complexity index is 453. The summed E-state index contributed by atoms with van der Waals surface area (Å²) in [6, 6.07) is 4.89. The lowest BCUT2D eigenvalue weighted by Crippen LogP contribution is -2.31. The van der Waals surface area contributed by atoms with Gasteiger partial charge in [0.15, 0.2) is 0 Å². The zero-order chi connectivity index (χ0) is 13.1. The monoisotopic (exact) mass is 289 g/mol. The highest BCUT2D eigenvalue weighted by molar-refractivity contribution is 6.42. The van der Waals surface area contributed by atoms with E-state index in [0.717, 1.165) is 0 Å². The van der Waals surface area contributed by atoms with E-state index in [1.54, 1.807) is 18.2 Å². The van der Waals surface area contributed by atoms with E-state index in [0.29, 0.717) is 28.8 Å². The molecule has 6 heteroatoms. The van der Waals surface area contributed by atoms with Crippen molar-refractivity contribution in [1.82, 2.24) is 5.32 Å². The van der Waals surface area contributed by atoms with Gasteiger partial charge in [-0.2, -0.15) is 0 Å². The maximum atomic E-state index is 11.3. The van der Waals surface area contributed by atoms with Crippen molar-refractivity contribution in [2.45, 2.75) is 18.6 Å². The zero-order valence-electron chi connectivity index (χ0n) is 9.78. The number of benzene rings is 1. The maximum absolute atomic E-state index is 11.3. The van der Waals surface area contributed by atoms with E-state index >= 15 is 0 Å². The van der Waals surface area contributed by atoms with Crippen molar-refractivity contribution in [3.8, 4) is 5.75 Å². The van der Waals surface area contributed by atoms with Gasteiger partial charge in [-0.15, -0.1) is 0 Å². The van der Waals surface area contributed by atoms with Crippen LogP contribution in [0.3, 0.4) is 0 Å². The molecule has 2 rings (SSSR count). The minimum atomic E-state index is -0.321. The van der Waals surface area contributed by atoms with Crippen LogP contribution in [-0.4, -0.2) is 31.8 Å². The second-order valence-electron chi connectivity index (χ2n) is 4.01. The fourth-order valence-corrected chi connectivity index (χ4v) is 2.21. The minimum absolute atomic E-state index is 0.120. The SMILES string of the molecule is COC(=O)[C@@H]1CC(Oc2cccc(Cl)c2Cl)CN1. The minimum Gasteiger partial charge on any atom is -0.487 e. The molecule has 0 saturated carbocycles. The molecule has 0 aromatic heterocycles. The van der Waals surface area contributed by atoms with Crippen molar-refractivity contribution >= 4 is 29.2 Å². The lowest BCUT2D eigenvalue weighted by atomic mass is 10.2. The van der Waals surface area contributed by atoms with Gasteiger partial charge in [-0.1, -0.05) is 29.3 Å². The Kier molecular flexibility index (Phi) is 4.32. The molecule has 1 aliphatic rings. The van der Waals surface area contributed by atoms with Crippen LogP contribution in [0.5, 0.6) is 5.75 Å². The molecule has 0 radical (unpaired) electrons. The Hall–Kier alpha value is -0.970. The molecule has 1 fully saturated rings. The van der Waals surface area contributed by atoms with E-state index < -0.39 is 0 Å². The summed E-state index contributed by atoms with van der Waals surface area (Å²) in [4.78, 5) is 11.3. The highest BCUT2D eigenvalue weighted by Gasteiger charge is 2.31. The van der Waals surface area contributed by atoms with Crippen LogP contribution in [0.25, 0.3) is 0 Å². The largest absolute Gasteiger partial charge is 0.487 e. The van der Waals surface area contributed by atoms with E-state index in [9.17, 15) is 4.79 Å². The predicted molar refractivity (Wildman–Crippen MR) is 69.3 cm³/mol. The highest BCUT2D eigenvalue weighted by Crippen LogP contribution is 2.32. The summed E-state index contributed by atoms with van der Waals surface area (Å²) in [6.45, 7) is 0.572. The third-order valence-electron chi connectivity index (χ3n) is 2.79. The number of methoxy groups -OCH3 is 1. The number of halogens is 2. The lowest BCUT2D eigenvalue weighted by Gasteiger charge is -2.14. The molecule has 0 bridgehead atoms. The number of carbonyl (C=O) groups excluding carboxylic acids is 1. The molecule has 98 valence electrons. The summed E-state index contributed by atoms with van der Waals surface area (Å²) < 4.78 is 10.4. The van der Waals surface area contributed by atoms with Gasteiger partial charge in [0.1, 0.15) is 22.9 Å². The van der Waals surface area contributed by atoms with Gasteiger partial charge in [0.25, 0.3) is 0 Å². The second-order valence-corrected chi connectivity index (χ2v) is 4.80. The molecule has 1 heterocycles. The predicted octanol–water partition coefficient (Wildman–Crippen LogP) is 2.28. The average Bonchev–Trinajstić information content (AvgIpc) is 2.82. The number of esters is 1. The Labute approximate surface area is 115 Å². The van der Waals surface area contributed by atoms with E-state index in [2.05, 4.69) is 10.1 Å². The van der Waals surface area contributed by atoms with E-state index in [1.165, 1.54) is 7.11 Å². The first-order valence-electron chi connectivity index (χ1n) is 5.53. The maximum Gasteiger partial charge on any atom is 0.323 e. The molecule has 0 aliphatic carbocycles. The van der Waals surface area contributed by atoms with Crippen LogP contribution in [0, 0.1) is 0 Å². The molecule has 0 amide bonds. The van der Waals surface area contributed by atoms with Gasteiger partial charge in [-0.3, -0.25) is 4.79 Å². The smallest absolute Gasteiger partial charge is 0.323 e. The quantitative estimate of drug-likeness (QED) is 0.868. The Morgan fingerprint density at radius 1 is 1.44 bits per heavy atom. The van der Waals surface area contributed by atoms with Crippen LogP contribution in [0.15, 0.2) is 18.2 Å².